The number of benzene rings is 1. The molecular weight excluding hydrogens is 297 g/mol. The molecule has 2 N–H and O–H groups in total. The van der Waals surface area contributed by atoms with Gasteiger partial charge in [-0.2, -0.15) is 0 Å². The summed E-state index contributed by atoms with van der Waals surface area (Å²) >= 11 is 0. The van der Waals surface area contributed by atoms with Gasteiger partial charge in [-0.15, -0.1) is 0 Å². The van der Waals surface area contributed by atoms with Gasteiger partial charge in [0.2, 0.25) is 0 Å². The monoisotopic (exact) mass is 317 g/mol. The lowest BCUT2D eigenvalue weighted by Gasteiger charge is -2.27. The molecule has 0 fully saturated rings. The highest BCUT2D eigenvalue weighted by atomic mass is 19.1. The summed E-state index contributed by atoms with van der Waals surface area (Å²) in [7, 11) is 0. The quantitative estimate of drug-likeness (QED) is 0.915. The van der Waals surface area contributed by atoms with Gasteiger partial charge < -0.3 is 5.32 Å². The van der Waals surface area contributed by atoms with E-state index in [-0.39, 0.29) is 23.5 Å². The van der Waals surface area contributed by atoms with Gasteiger partial charge in [0.05, 0.1) is 6.04 Å². The molecule has 0 unspecified atom stereocenters. The lowest BCUT2D eigenvalue weighted by Crippen LogP contribution is -2.36. The number of anilines is 1. The minimum Gasteiger partial charge on any atom is -0.365 e. The molecule has 5 nitrogen and oxygen atoms in total. The second-order valence-electron chi connectivity index (χ2n) is 6.22. The van der Waals surface area contributed by atoms with E-state index >= 15 is 0 Å². The number of nitrogens with one attached hydrogen (secondary N) is 2. The Kier molecular flexibility index (Phi) is 4.07. The van der Waals surface area contributed by atoms with Crippen LogP contribution in [0.3, 0.4) is 0 Å². The van der Waals surface area contributed by atoms with E-state index in [1.54, 1.807) is 19.9 Å². The van der Waals surface area contributed by atoms with Crippen LogP contribution in [-0.4, -0.2) is 9.55 Å². The maximum atomic E-state index is 13.5. The summed E-state index contributed by atoms with van der Waals surface area (Å²) < 4.78 is 14.7. The highest BCUT2D eigenvalue weighted by molar-refractivity contribution is 5.41. The molecule has 0 amide bonds. The summed E-state index contributed by atoms with van der Waals surface area (Å²) in [4.78, 5) is 26.8. The number of rotatable bonds is 3. The number of hydrogen-bond acceptors (Lipinski definition) is 3. The highest BCUT2D eigenvalue weighted by Gasteiger charge is 2.21. The Morgan fingerprint density at radius 1 is 1.30 bits per heavy atom. The van der Waals surface area contributed by atoms with Crippen molar-refractivity contribution >= 4 is 5.82 Å². The molecule has 3 rings (SSSR count). The predicted molar refractivity (Wildman–Crippen MR) is 87.4 cm³/mol. The zero-order chi connectivity index (χ0) is 16.6. The van der Waals surface area contributed by atoms with Crippen LogP contribution in [0.2, 0.25) is 0 Å². The summed E-state index contributed by atoms with van der Waals surface area (Å²) in [5, 5.41) is 3.18. The molecule has 0 radical (unpaired) electrons. The third kappa shape index (κ3) is 3.06. The number of hydrogen-bond donors (Lipinski definition) is 2. The molecule has 0 bridgehead atoms. The van der Waals surface area contributed by atoms with Crippen molar-refractivity contribution in [2.45, 2.75) is 45.2 Å². The van der Waals surface area contributed by atoms with E-state index in [1.165, 1.54) is 22.8 Å². The molecule has 23 heavy (non-hydrogen) atoms. The van der Waals surface area contributed by atoms with E-state index < -0.39 is 5.69 Å². The normalized spacial score (nSPS) is 17.1. The van der Waals surface area contributed by atoms with Gasteiger partial charge in [-0.05, 0) is 56.4 Å². The third-order valence-electron chi connectivity index (χ3n) is 4.23. The van der Waals surface area contributed by atoms with E-state index in [0.717, 1.165) is 30.4 Å². The Bertz CT molecular complexity index is 807. The van der Waals surface area contributed by atoms with Crippen LogP contribution in [-0.2, 0) is 6.42 Å². The van der Waals surface area contributed by atoms with Gasteiger partial charge in [-0.25, -0.2) is 9.18 Å². The first kappa shape index (κ1) is 15.5. The van der Waals surface area contributed by atoms with Crippen molar-refractivity contribution in [3.63, 3.8) is 0 Å². The summed E-state index contributed by atoms with van der Waals surface area (Å²) in [5.74, 6) is 0.0974. The van der Waals surface area contributed by atoms with Gasteiger partial charge in [0, 0.05) is 12.1 Å². The largest absolute Gasteiger partial charge is 0.365 e. The van der Waals surface area contributed by atoms with E-state index in [1.807, 2.05) is 0 Å². The molecule has 0 saturated carbocycles. The van der Waals surface area contributed by atoms with Crippen LogP contribution in [0.25, 0.3) is 0 Å². The Hall–Kier alpha value is -2.37. The molecule has 0 spiro atoms. The Morgan fingerprint density at radius 3 is 2.78 bits per heavy atom. The van der Waals surface area contributed by atoms with Crippen molar-refractivity contribution < 1.29 is 4.39 Å². The van der Waals surface area contributed by atoms with E-state index in [0.29, 0.717) is 5.82 Å². The first-order valence-corrected chi connectivity index (χ1v) is 7.86. The van der Waals surface area contributed by atoms with Crippen LogP contribution in [0.5, 0.6) is 0 Å². The minimum atomic E-state index is -0.440. The number of aromatic nitrogens is 2. The SMILES string of the molecule is CC(C)n1c(=O)cc(N[C@H]2CCCc3ccc(F)cc32)[nH]c1=O. The van der Waals surface area contributed by atoms with Gasteiger partial charge in [0.1, 0.15) is 11.6 Å². The second kappa shape index (κ2) is 6.02. The second-order valence-corrected chi connectivity index (χ2v) is 6.22. The first-order valence-electron chi connectivity index (χ1n) is 7.86. The van der Waals surface area contributed by atoms with Crippen LogP contribution >= 0.6 is 0 Å². The maximum Gasteiger partial charge on any atom is 0.330 e. The molecule has 2 aromatic rings. The zero-order valence-electron chi connectivity index (χ0n) is 13.2. The summed E-state index contributed by atoms with van der Waals surface area (Å²) in [5.41, 5.74) is 1.21. The van der Waals surface area contributed by atoms with Crippen molar-refractivity contribution in [3.8, 4) is 0 Å². The molecule has 1 aliphatic carbocycles. The Balaban J connectivity index is 1.94. The molecule has 6 heteroatoms. The molecule has 0 saturated heterocycles. The van der Waals surface area contributed by atoms with Crippen molar-refractivity contribution in [1.29, 1.82) is 0 Å². The average Bonchev–Trinajstić information content (AvgIpc) is 2.46. The molecule has 1 heterocycles. The van der Waals surface area contributed by atoms with E-state index in [9.17, 15) is 14.0 Å². The third-order valence-corrected chi connectivity index (χ3v) is 4.23. The Morgan fingerprint density at radius 2 is 2.09 bits per heavy atom. The Labute approximate surface area is 133 Å². The number of halogens is 1. The lowest BCUT2D eigenvalue weighted by atomic mass is 9.87. The molecular formula is C17H20FN3O2. The number of aryl methyl sites for hydroxylation is 1. The van der Waals surface area contributed by atoms with Crippen molar-refractivity contribution in [3.05, 3.63) is 62.0 Å². The highest BCUT2D eigenvalue weighted by Crippen LogP contribution is 2.32. The molecule has 1 aromatic carbocycles. The van der Waals surface area contributed by atoms with Crippen molar-refractivity contribution in [2.24, 2.45) is 0 Å². The fraction of sp³-hybridized carbons (Fsp3) is 0.412. The molecule has 1 aromatic heterocycles. The van der Waals surface area contributed by atoms with Crippen LogP contribution in [0.1, 0.15) is 49.9 Å². The number of aromatic amines is 1. The van der Waals surface area contributed by atoms with Crippen LogP contribution in [0.4, 0.5) is 10.2 Å². The van der Waals surface area contributed by atoms with Crippen molar-refractivity contribution in [1.82, 2.24) is 9.55 Å². The maximum absolute atomic E-state index is 13.5. The average molecular weight is 317 g/mol. The van der Waals surface area contributed by atoms with Crippen LogP contribution in [0, 0.1) is 5.82 Å². The van der Waals surface area contributed by atoms with Crippen LogP contribution in [0.15, 0.2) is 33.9 Å². The zero-order valence-corrected chi connectivity index (χ0v) is 13.2. The molecule has 1 atom stereocenters. The van der Waals surface area contributed by atoms with Gasteiger partial charge in [0.25, 0.3) is 5.56 Å². The van der Waals surface area contributed by atoms with Gasteiger partial charge >= 0.3 is 5.69 Å². The van der Waals surface area contributed by atoms with Crippen molar-refractivity contribution in [2.75, 3.05) is 5.32 Å². The topological polar surface area (TPSA) is 66.9 Å². The standard InChI is InChI=1S/C17H20FN3O2/c1-10(2)21-16(22)9-15(20-17(21)23)19-14-5-3-4-11-6-7-12(18)8-13(11)14/h6-10,14,19H,3-5H2,1-2H3,(H,20,23)/t14-/m0/s1. The lowest BCUT2D eigenvalue weighted by molar-refractivity contribution is 0.543. The van der Waals surface area contributed by atoms with E-state index in [2.05, 4.69) is 10.3 Å². The molecule has 0 aliphatic heterocycles. The minimum absolute atomic E-state index is 0.112. The number of fused-ring (bicyclic) bond motifs is 1. The fourth-order valence-electron chi connectivity index (χ4n) is 3.18. The van der Waals surface area contributed by atoms with Crippen LogP contribution < -0.4 is 16.6 Å². The van der Waals surface area contributed by atoms with Gasteiger partial charge in [-0.1, -0.05) is 6.07 Å². The first-order chi connectivity index (χ1) is 11.0. The number of nitrogens with zero attached hydrogens (tertiary/aromatic N) is 1. The predicted octanol–water partition coefficient (Wildman–Crippen LogP) is 2.75. The summed E-state index contributed by atoms with van der Waals surface area (Å²) in [6.45, 7) is 3.56. The molecule has 122 valence electrons. The summed E-state index contributed by atoms with van der Waals surface area (Å²) in [6.07, 6.45) is 2.72. The van der Waals surface area contributed by atoms with Gasteiger partial charge in [-0.3, -0.25) is 14.3 Å². The smallest absolute Gasteiger partial charge is 0.330 e. The van der Waals surface area contributed by atoms with Gasteiger partial charge in [0.15, 0.2) is 0 Å². The fourth-order valence-corrected chi connectivity index (χ4v) is 3.18. The van der Waals surface area contributed by atoms with E-state index in [4.69, 9.17) is 0 Å². The number of H-pyrrole nitrogens is 1. The molecule has 1 aliphatic rings. The summed E-state index contributed by atoms with van der Waals surface area (Å²) in [6, 6.07) is 5.86.